The van der Waals surface area contributed by atoms with E-state index in [1.807, 2.05) is 13.8 Å². The van der Waals surface area contributed by atoms with Gasteiger partial charge in [-0.05, 0) is 13.3 Å². The average Bonchev–Trinajstić information content (AvgIpc) is 2.64. The van der Waals surface area contributed by atoms with E-state index in [1.54, 1.807) is 6.92 Å². The van der Waals surface area contributed by atoms with Gasteiger partial charge >= 0.3 is 0 Å². The van der Waals surface area contributed by atoms with Crippen LogP contribution in [-0.2, 0) is 10.0 Å². The summed E-state index contributed by atoms with van der Waals surface area (Å²) in [6, 6.07) is -0.239. The number of nitrogens with one attached hydrogen (secondary N) is 2. The van der Waals surface area contributed by atoms with Gasteiger partial charge in [-0.15, -0.1) is 0 Å². The third kappa shape index (κ3) is 1.98. The first-order valence-electron chi connectivity index (χ1n) is 5.45. The minimum atomic E-state index is -3.56. The summed E-state index contributed by atoms with van der Waals surface area (Å²) in [7, 11) is -3.56. The van der Waals surface area contributed by atoms with E-state index >= 15 is 0 Å². The lowest BCUT2D eigenvalue weighted by atomic mass is 9.65. The van der Waals surface area contributed by atoms with Gasteiger partial charge in [0.15, 0.2) is 0 Å². The third-order valence-corrected chi connectivity index (χ3v) is 5.17. The van der Waals surface area contributed by atoms with E-state index in [0.717, 1.165) is 0 Å². The molecule has 1 aliphatic carbocycles. The van der Waals surface area contributed by atoms with Crippen molar-refractivity contribution in [1.82, 2.24) is 14.9 Å². The smallest absolute Gasteiger partial charge is 0.244 e. The summed E-state index contributed by atoms with van der Waals surface area (Å²) < 4.78 is 26.7. The van der Waals surface area contributed by atoms with Crippen LogP contribution in [0.2, 0.25) is 0 Å². The summed E-state index contributed by atoms with van der Waals surface area (Å²) in [5.41, 5.74) is 0.0835. The van der Waals surface area contributed by atoms with Crippen molar-refractivity contribution in [3.05, 3.63) is 11.9 Å². The van der Waals surface area contributed by atoms with Crippen LogP contribution in [0.1, 0.15) is 26.0 Å². The molecule has 0 bridgehead atoms. The number of H-pyrrole nitrogens is 1. The van der Waals surface area contributed by atoms with Crippen LogP contribution in [0.25, 0.3) is 0 Å². The predicted molar refractivity (Wildman–Crippen MR) is 61.8 cm³/mol. The van der Waals surface area contributed by atoms with Crippen LogP contribution in [0.5, 0.6) is 0 Å². The van der Waals surface area contributed by atoms with Crippen molar-refractivity contribution in [2.75, 3.05) is 0 Å². The second-order valence-electron chi connectivity index (χ2n) is 5.11. The molecular weight excluding hydrogens is 242 g/mol. The quantitative estimate of drug-likeness (QED) is 0.720. The molecule has 2 atom stereocenters. The molecule has 1 aromatic heterocycles. The molecule has 1 aliphatic rings. The molecule has 96 valence electrons. The van der Waals surface area contributed by atoms with Gasteiger partial charge in [-0.2, -0.15) is 5.10 Å². The van der Waals surface area contributed by atoms with Crippen molar-refractivity contribution < 1.29 is 13.5 Å². The van der Waals surface area contributed by atoms with Crippen molar-refractivity contribution in [1.29, 1.82) is 0 Å². The first kappa shape index (κ1) is 12.5. The molecule has 6 nitrogen and oxygen atoms in total. The van der Waals surface area contributed by atoms with Gasteiger partial charge in [-0.25, -0.2) is 13.1 Å². The van der Waals surface area contributed by atoms with E-state index in [4.69, 9.17) is 0 Å². The minimum Gasteiger partial charge on any atom is -0.392 e. The Labute approximate surface area is 100 Å². The highest BCUT2D eigenvalue weighted by Crippen LogP contribution is 2.41. The maximum atomic E-state index is 12.1. The van der Waals surface area contributed by atoms with Crippen molar-refractivity contribution in [3.8, 4) is 0 Å². The number of aliphatic hydroxyl groups excluding tert-OH is 1. The van der Waals surface area contributed by atoms with E-state index in [9.17, 15) is 13.5 Å². The first-order valence-corrected chi connectivity index (χ1v) is 6.94. The fourth-order valence-corrected chi connectivity index (χ4v) is 3.51. The molecule has 0 radical (unpaired) electrons. The molecule has 1 heterocycles. The molecular formula is C10H17N3O3S. The number of aliphatic hydroxyl groups is 1. The van der Waals surface area contributed by atoms with Gasteiger partial charge in [0.25, 0.3) is 0 Å². The number of nitrogens with zero attached hydrogens (tertiary/aromatic N) is 1. The fraction of sp³-hybridized carbons (Fsp3) is 0.700. The Hall–Kier alpha value is -0.920. The highest BCUT2D eigenvalue weighted by atomic mass is 32.2. The molecule has 3 N–H and O–H groups in total. The van der Waals surface area contributed by atoms with E-state index in [1.165, 1.54) is 6.20 Å². The molecule has 17 heavy (non-hydrogen) atoms. The van der Waals surface area contributed by atoms with Crippen LogP contribution in [0.4, 0.5) is 0 Å². The maximum Gasteiger partial charge on any atom is 0.244 e. The standard InChI is InChI=1S/C10H17N3O3S/c1-6-7(5-11-12-6)17(15,16)13-8-4-9(14)10(8,2)3/h5,8-9,13-14H,4H2,1-3H3,(H,11,12). The lowest BCUT2D eigenvalue weighted by Crippen LogP contribution is -2.61. The molecule has 7 heteroatoms. The number of aromatic nitrogens is 2. The van der Waals surface area contributed by atoms with Crippen molar-refractivity contribution >= 4 is 10.0 Å². The SMILES string of the molecule is Cc1[nH]ncc1S(=O)(=O)NC1CC(O)C1(C)C. The monoisotopic (exact) mass is 259 g/mol. The number of hydrogen-bond acceptors (Lipinski definition) is 4. The van der Waals surface area contributed by atoms with Gasteiger partial charge in [0.05, 0.1) is 18.0 Å². The highest BCUT2D eigenvalue weighted by Gasteiger charge is 2.49. The van der Waals surface area contributed by atoms with Crippen molar-refractivity contribution in [2.45, 2.75) is 44.2 Å². The predicted octanol–water partition coefficient (Wildman–Crippen LogP) is 0.156. The van der Waals surface area contributed by atoms with Crippen molar-refractivity contribution in [3.63, 3.8) is 0 Å². The summed E-state index contributed by atoms with van der Waals surface area (Å²) >= 11 is 0. The first-order chi connectivity index (χ1) is 7.75. The Morgan fingerprint density at radius 2 is 2.24 bits per heavy atom. The Kier molecular flexibility index (Phi) is 2.80. The maximum absolute atomic E-state index is 12.1. The number of aromatic amines is 1. The van der Waals surface area contributed by atoms with Gasteiger partial charge in [0.1, 0.15) is 4.90 Å². The number of aryl methyl sites for hydroxylation is 1. The summed E-state index contributed by atoms with van der Waals surface area (Å²) in [5.74, 6) is 0. The zero-order valence-electron chi connectivity index (χ0n) is 10.1. The van der Waals surface area contributed by atoms with E-state index in [2.05, 4.69) is 14.9 Å². The second kappa shape index (κ2) is 3.79. The van der Waals surface area contributed by atoms with Gasteiger partial charge in [-0.3, -0.25) is 5.10 Å². The fourth-order valence-electron chi connectivity index (χ4n) is 1.96. The zero-order valence-corrected chi connectivity index (χ0v) is 10.9. The summed E-state index contributed by atoms with van der Waals surface area (Å²) in [5, 5.41) is 15.9. The number of rotatable bonds is 3. The normalized spacial score (nSPS) is 27.8. The molecule has 0 aromatic carbocycles. The molecule has 1 aromatic rings. The number of hydrogen-bond donors (Lipinski definition) is 3. The van der Waals surface area contributed by atoms with Gasteiger partial charge in [0.2, 0.25) is 10.0 Å². The number of sulfonamides is 1. The molecule has 2 rings (SSSR count). The summed E-state index contributed by atoms with van der Waals surface area (Å²) in [6.45, 7) is 5.34. The second-order valence-corrected chi connectivity index (χ2v) is 6.79. The zero-order chi connectivity index (χ0) is 12.8. The molecule has 1 fully saturated rings. The van der Waals surface area contributed by atoms with Gasteiger partial charge < -0.3 is 5.11 Å². The molecule has 1 saturated carbocycles. The van der Waals surface area contributed by atoms with Crippen molar-refractivity contribution in [2.24, 2.45) is 5.41 Å². The molecule has 0 saturated heterocycles. The summed E-state index contributed by atoms with van der Waals surface area (Å²) in [4.78, 5) is 0.162. The Balaban J connectivity index is 2.18. The Bertz CT molecular complexity index is 521. The van der Waals surface area contributed by atoms with Crippen LogP contribution in [0.3, 0.4) is 0 Å². The molecule has 0 spiro atoms. The van der Waals surface area contributed by atoms with E-state index < -0.39 is 21.5 Å². The average molecular weight is 259 g/mol. The van der Waals surface area contributed by atoms with Crippen LogP contribution in [-0.4, -0.2) is 35.9 Å². The highest BCUT2D eigenvalue weighted by molar-refractivity contribution is 7.89. The lowest BCUT2D eigenvalue weighted by molar-refractivity contribution is -0.0645. The van der Waals surface area contributed by atoms with E-state index in [-0.39, 0.29) is 10.9 Å². The minimum absolute atomic E-state index is 0.162. The third-order valence-electron chi connectivity index (χ3n) is 3.59. The van der Waals surface area contributed by atoms with Gasteiger partial charge in [0, 0.05) is 11.5 Å². The van der Waals surface area contributed by atoms with Gasteiger partial charge in [-0.1, -0.05) is 13.8 Å². The molecule has 0 amide bonds. The largest absolute Gasteiger partial charge is 0.392 e. The van der Waals surface area contributed by atoms with Crippen LogP contribution >= 0.6 is 0 Å². The molecule has 0 aliphatic heterocycles. The van der Waals surface area contributed by atoms with Crippen LogP contribution in [0, 0.1) is 12.3 Å². The Morgan fingerprint density at radius 1 is 1.59 bits per heavy atom. The topological polar surface area (TPSA) is 95.1 Å². The summed E-state index contributed by atoms with van der Waals surface area (Å²) in [6.07, 6.45) is 1.28. The molecule has 2 unspecified atom stereocenters. The van der Waals surface area contributed by atoms with E-state index in [0.29, 0.717) is 12.1 Å². The lowest BCUT2D eigenvalue weighted by Gasteiger charge is -2.49. The van der Waals surface area contributed by atoms with Crippen LogP contribution in [0.15, 0.2) is 11.1 Å². The van der Waals surface area contributed by atoms with Crippen LogP contribution < -0.4 is 4.72 Å². The Morgan fingerprint density at radius 3 is 2.65 bits per heavy atom.